The molecule has 24 heavy (non-hydrogen) atoms. The predicted octanol–water partition coefficient (Wildman–Crippen LogP) is 4.61. The summed E-state index contributed by atoms with van der Waals surface area (Å²) in [6.45, 7) is 4.12. The fraction of sp³-hybridized carbons (Fsp3) is 0.450. The molecule has 2 N–H and O–H groups in total. The number of ether oxygens (including phenoxy) is 1. The lowest BCUT2D eigenvalue weighted by atomic mass is 9.87. The molecule has 0 amide bonds. The zero-order chi connectivity index (χ0) is 17.5. The number of carbonyl (C=O) groups excluding carboxylic acids is 1. The van der Waals surface area contributed by atoms with Crippen LogP contribution in [0.5, 0.6) is 0 Å². The van der Waals surface area contributed by atoms with Gasteiger partial charge in [0.1, 0.15) is 0 Å². The number of rotatable bonds is 7. The van der Waals surface area contributed by atoms with Crippen molar-refractivity contribution < 1.29 is 9.53 Å². The summed E-state index contributed by atoms with van der Waals surface area (Å²) in [5.41, 5.74) is 8.56. The number of carbonyl (C=O) groups is 1. The molecule has 0 aromatic heterocycles. The van der Waals surface area contributed by atoms with Crippen LogP contribution in [0.25, 0.3) is 5.57 Å². The highest BCUT2D eigenvalue weighted by atomic mass is 35.5. The number of hydrogen-bond donors (Lipinski definition) is 1. The number of nitrogens with two attached hydrogens (primary N) is 1. The Morgan fingerprint density at radius 3 is 2.88 bits per heavy atom. The first-order chi connectivity index (χ1) is 11.5. The summed E-state index contributed by atoms with van der Waals surface area (Å²) in [6, 6.07) is 7.88. The van der Waals surface area contributed by atoms with Gasteiger partial charge >= 0.3 is 5.97 Å². The first kappa shape index (κ1) is 18.8. The summed E-state index contributed by atoms with van der Waals surface area (Å²) in [5.74, 6) is 0.109. The Kier molecular flexibility index (Phi) is 7.07. The average molecular weight is 348 g/mol. The maximum atomic E-state index is 11.7. The number of hydrogen-bond acceptors (Lipinski definition) is 3. The van der Waals surface area contributed by atoms with E-state index >= 15 is 0 Å². The Morgan fingerprint density at radius 2 is 2.25 bits per heavy atom. The van der Waals surface area contributed by atoms with Crippen molar-refractivity contribution >= 4 is 23.1 Å². The van der Waals surface area contributed by atoms with E-state index in [1.807, 2.05) is 32.0 Å². The summed E-state index contributed by atoms with van der Waals surface area (Å²) >= 11 is 6.05. The minimum atomic E-state index is -0.157. The van der Waals surface area contributed by atoms with Crippen LogP contribution in [0, 0.1) is 11.8 Å². The van der Waals surface area contributed by atoms with E-state index in [1.54, 1.807) is 0 Å². The van der Waals surface area contributed by atoms with Gasteiger partial charge in [0, 0.05) is 11.1 Å². The van der Waals surface area contributed by atoms with Crippen LogP contribution >= 0.6 is 11.6 Å². The van der Waals surface area contributed by atoms with Gasteiger partial charge in [0.15, 0.2) is 0 Å². The molecule has 0 spiro atoms. The summed E-state index contributed by atoms with van der Waals surface area (Å²) in [6.07, 6.45) is 9.08. The lowest BCUT2D eigenvalue weighted by molar-refractivity contribution is -0.147. The van der Waals surface area contributed by atoms with E-state index in [0.29, 0.717) is 18.9 Å². The fourth-order valence-corrected chi connectivity index (χ4v) is 3.23. The topological polar surface area (TPSA) is 52.3 Å². The van der Waals surface area contributed by atoms with Gasteiger partial charge in [-0.3, -0.25) is 4.79 Å². The summed E-state index contributed by atoms with van der Waals surface area (Å²) in [4.78, 5) is 11.7. The number of esters is 1. The fourth-order valence-electron chi connectivity index (χ4n) is 3.04. The van der Waals surface area contributed by atoms with Crippen molar-refractivity contribution in [2.75, 3.05) is 6.61 Å². The van der Waals surface area contributed by atoms with Gasteiger partial charge in [0.25, 0.3) is 0 Å². The van der Waals surface area contributed by atoms with Crippen molar-refractivity contribution in [3.05, 3.63) is 53.1 Å². The third-order valence-electron chi connectivity index (χ3n) is 4.30. The van der Waals surface area contributed by atoms with Gasteiger partial charge in [-0.1, -0.05) is 48.9 Å². The molecule has 3 nitrogen and oxygen atoms in total. The minimum absolute atomic E-state index is 0.000163. The Labute approximate surface area is 149 Å². The molecule has 0 heterocycles. The third-order valence-corrected chi connectivity index (χ3v) is 4.53. The van der Waals surface area contributed by atoms with Crippen LogP contribution in [-0.2, 0) is 9.53 Å². The SMILES string of the molecule is CCOC(=O)C(C)CC(N)CC1C=CC(c2cccc(Cl)c2)=CC1. The van der Waals surface area contributed by atoms with Gasteiger partial charge in [0.2, 0.25) is 0 Å². The first-order valence-corrected chi connectivity index (χ1v) is 8.94. The summed E-state index contributed by atoms with van der Waals surface area (Å²) < 4.78 is 5.04. The van der Waals surface area contributed by atoms with Gasteiger partial charge in [0.05, 0.1) is 12.5 Å². The Bertz CT molecular complexity index is 624. The smallest absolute Gasteiger partial charge is 0.308 e. The number of benzene rings is 1. The molecular formula is C20H26ClNO2. The monoisotopic (exact) mass is 347 g/mol. The van der Waals surface area contributed by atoms with Gasteiger partial charge < -0.3 is 10.5 Å². The van der Waals surface area contributed by atoms with E-state index in [9.17, 15) is 4.79 Å². The molecule has 1 aliphatic carbocycles. The molecule has 0 bridgehead atoms. The van der Waals surface area contributed by atoms with Crippen molar-refractivity contribution in [2.24, 2.45) is 17.6 Å². The summed E-state index contributed by atoms with van der Waals surface area (Å²) in [7, 11) is 0. The largest absolute Gasteiger partial charge is 0.466 e. The second kappa shape index (κ2) is 9.05. The predicted molar refractivity (Wildman–Crippen MR) is 99.7 cm³/mol. The molecule has 3 atom stereocenters. The molecule has 1 aliphatic rings. The lowest BCUT2D eigenvalue weighted by Crippen LogP contribution is -2.29. The molecule has 2 rings (SSSR count). The molecule has 0 radical (unpaired) electrons. The van der Waals surface area contributed by atoms with Gasteiger partial charge in [-0.25, -0.2) is 0 Å². The zero-order valence-corrected chi connectivity index (χ0v) is 15.1. The van der Waals surface area contributed by atoms with Crippen LogP contribution in [0.2, 0.25) is 5.02 Å². The van der Waals surface area contributed by atoms with Gasteiger partial charge in [-0.2, -0.15) is 0 Å². The van der Waals surface area contributed by atoms with E-state index in [0.717, 1.165) is 23.4 Å². The first-order valence-electron chi connectivity index (χ1n) is 8.56. The summed E-state index contributed by atoms with van der Waals surface area (Å²) in [5, 5.41) is 0.749. The molecule has 0 aliphatic heterocycles. The molecule has 4 heteroatoms. The Morgan fingerprint density at radius 1 is 1.46 bits per heavy atom. The normalized spacial score (nSPS) is 19.5. The molecule has 0 saturated heterocycles. The van der Waals surface area contributed by atoms with Gasteiger partial charge in [-0.05, 0) is 55.4 Å². The molecule has 0 saturated carbocycles. The maximum Gasteiger partial charge on any atom is 0.308 e. The van der Waals surface area contributed by atoms with Crippen molar-refractivity contribution in [1.29, 1.82) is 0 Å². The van der Waals surface area contributed by atoms with Crippen molar-refractivity contribution in [3.63, 3.8) is 0 Å². The molecule has 130 valence electrons. The number of halogens is 1. The third kappa shape index (κ3) is 5.50. The van der Waals surface area contributed by atoms with E-state index in [4.69, 9.17) is 22.1 Å². The van der Waals surface area contributed by atoms with Crippen LogP contribution in [0.15, 0.2) is 42.5 Å². The van der Waals surface area contributed by atoms with E-state index in [-0.39, 0.29) is 17.9 Å². The molecule has 1 aromatic rings. The Hall–Kier alpha value is -1.58. The molecular weight excluding hydrogens is 322 g/mol. The Balaban J connectivity index is 1.84. The second-order valence-electron chi connectivity index (χ2n) is 6.41. The van der Waals surface area contributed by atoms with E-state index in [1.165, 1.54) is 5.57 Å². The minimum Gasteiger partial charge on any atom is -0.466 e. The highest BCUT2D eigenvalue weighted by Gasteiger charge is 2.20. The highest BCUT2D eigenvalue weighted by molar-refractivity contribution is 6.30. The second-order valence-corrected chi connectivity index (χ2v) is 6.85. The molecule has 3 unspecified atom stereocenters. The quantitative estimate of drug-likeness (QED) is 0.733. The van der Waals surface area contributed by atoms with Crippen molar-refractivity contribution in [3.8, 4) is 0 Å². The molecule has 0 fully saturated rings. The van der Waals surface area contributed by atoms with Gasteiger partial charge in [-0.15, -0.1) is 0 Å². The van der Waals surface area contributed by atoms with Crippen molar-refractivity contribution in [2.45, 2.75) is 39.2 Å². The van der Waals surface area contributed by atoms with E-state index in [2.05, 4.69) is 24.3 Å². The molecule has 1 aromatic carbocycles. The van der Waals surface area contributed by atoms with Crippen LogP contribution in [0.3, 0.4) is 0 Å². The van der Waals surface area contributed by atoms with Crippen molar-refractivity contribution in [1.82, 2.24) is 0 Å². The van der Waals surface area contributed by atoms with E-state index < -0.39 is 0 Å². The average Bonchev–Trinajstić information content (AvgIpc) is 2.55. The van der Waals surface area contributed by atoms with Crippen LogP contribution in [0.1, 0.15) is 38.7 Å². The maximum absolute atomic E-state index is 11.7. The zero-order valence-electron chi connectivity index (χ0n) is 14.4. The van der Waals surface area contributed by atoms with Crippen LogP contribution in [-0.4, -0.2) is 18.6 Å². The number of allylic oxidation sites excluding steroid dienone is 4. The highest BCUT2D eigenvalue weighted by Crippen LogP contribution is 2.28. The lowest BCUT2D eigenvalue weighted by Gasteiger charge is -2.22. The standard InChI is InChI=1S/C20H26ClNO2/c1-3-24-20(23)14(2)11-19(22)12-15-7-9-16(10-8-15)17-5-4-6-18(21)13-17/h4-7,9-10,13-15,19H,3,8,11-12,22H2,1-2H3. The van der Waals surface area contributed by atoms with Crippen LogP contribution < -0.4 is 5.73 Å². The van der Waals surface area contributed by atoms with Crippen LogP contribution in [0.4, 0.5) is 0 Å².